The van der Waals surface area contributed by atoms with Gasteiger partial charge >= 0.3 is 5.97 Å². The Hall–Kier alpha value is -3.94. The molecule has 146 valence electrons. The number of carbonyl (C=O) groups is 1. The fourth-order valence-electron chi connectivity index (χ4n) is 3.10. The second kappa shape index (κ2) is 7.59. The first-order chi connectivity index (χ1) is 14.1. The number of pyridine rings is 1. The molecule has 1 N–H and O–H groups in total. The number of nitrogens with zero attached hydrogens (tertiary/aromatic N) is 4. The summed E-state index contributed by atoms with van der Waals surface area (Å²) in [4.78, 5) is 20.0. The van der Waals surface area contributed by atoms with Crippen molar-refractivity contribution in [3.63, 3.8) is 0 Å². The molecule has 4 aromatic rings. The molecular weight excluding hydrogens is 372 g/mol. The third-order valence-electron chi connectivity index (χ3n) is 4.53. The normalized spacial score (nSPS) is 10.8. The summed E-state index contributed by atoms with van der Waals surface area (Å²) in [6.45, 7) is 0. The highest BCUT2D eigenvalue weighted by Crippen LogP contribution is 2.26. The highest BCUT2D eigenvalue weighted by atomic mass is 16.5. The Bertz CT molecular complexity index is 1190. The highest BCUT2D eigenvalue weighted by Gasteiger charge is 2.13. The van der Waals surface area contributed by atoms with Crippen molar-refractivity contribution in [3.8, 4) is 22.9 Å². The average Bonchev–Trinajstić information content (AvgIpc) is 3.22. The number of imidazole rings is 1. The second-order valence-corrected chi connectivity index (χ2v) is 6.32. The molecule has 0 bridgehead atoms. The zero-order valence-corrected chi connectivity index (χ0v) is 15.9. The van der Waals surface area contributed by atoms with E-state index in [1.165, 1.54) is 0 Å². The van der Waals surface area contributed by atoms with E-state index >= 15 is 0 Å². The molecule has 29 heavy (non-hydrogen) atoms. The maximum Gasteiger partial charge on any atom is 0.335 e. The van der Waals surface area contributed by atoms with E-state index in [4.69, 9.17) is 14.6 Å². The summed E-state index contributed by atoms with van der Waals surface area (Å²) in [6, 6.07) is 12.2. The molecule has 0 aliphatic heterocycles. The van der Waals surface area contributed by atoms with E-state index in [9.17, 15) is 4.79 Å². The predicted octanol–water partition coefficient (Wildman–Crippen LogP) is 3.10. The van der Waals surface area contributed by atoms with Crippen LogP contribution in [-0.2, 0) is 6.42 Å². The third kappa shape index (κ3) is 3.60. The lowest BCUT2D eigenvalue weighted by Crippen LogP contribution is -2.03. The molecule has 0 saturated carbocycles. The van der Waals surface area contributed by atoms with Crippen LogP contribution in [0.1, 0.15) is 21.6 Å². The van der Waals surface area contributed by atoms with Gasteiger partial charge in [0.15, 0.2) is 11.4 Å². The average molecular weight is 390 g/mol. The Morgan fingerprint density at radius 1 is 1.10 bits per heavy atom. The van der Waals surface area contributed by atoms with Gasteiger partial charge in [0.1, 0.15) is 0 Å². The van der Waals surface area contributed by atoms with Crippen LogP contribution in [0.15, 0.2) is 54.9 Å². The molecule has 0 aliphatic rings. The first-order valence-electron chi connectivity index (χ1n) is 8.84. The Morgan fingerprint density at radius 3 is 2.59 bits per heavy atom. The molecule has 0 aliphatic carbocycles. The molecule has 3 heterocycles. The molecule has 0 amide bonds. The van der Waals surface area contributed by atoms with Gasteiger partial charge in [-0.2, -0.15) is 5.10 Å². The maximum atomic E-state index is 11.1. The summed E-state index contributed by atoms with van der Waals surface area (Å²) in [5.41, 5.74) is 4.21. The summed E-state index contributed by atoms with van der Waals surface area (Å²) in [5.74, 6) is 0.0221. The number of hydrogen-bond acceptors (Lipinski definition) is 6. The minimum absolute atomic E-state index is 0.229. The number of rotatable bonds is 6. The van der Waals surface area contributed by atoms with Crippen molar-refractivity contribution in [1.29, 1.82) is 0 Å². The predicted molar refractivity (Wildman–Crippen MR) is 106 cm³/mol. The summed E-state index contributed by atoms with van der Waals surface area (Å²) < 4.78 is 12.2. The molecule has 0 saturated heterocycles. The molecule has 0 unspecified atom stereocenters. The third-order valence-corrected chi connectivity index (χ3v) is 4.53. The van der Waals surface area contributed by atoms with Gasteiger partial charge in [0.05, 0.1) is 25.5 Å². The largest absolute Gasteiger partial charge is 0.491 e. The highest BCUT2D eigenvalue weighted by molar-refractivity contribution is 5.88. The zero-order valence-electron chi connectivity index (χ0n) is 15.9. The summed E-state index contributed by atoms with van der Waals surface area (Å²) >= 11 is 0. The lowest BCUT2D eigenvalue weighted by Gasteiger charge is -2.10. The van der Waals surface area contributed by atoms with Crippen molar-refractivity contribution < 1.29 is 19.4 Å². The Kier molecular flexibility index (Phi) is 4.82. The van der Waals surface area contributed by atoms with Gasteiger partial charge in [-0.25, -0.2) is 19.3 Å². The number of carboxylic acids is 1. The minimum atomic E-state index is -0.963. The summed E-state index contributed by atoms with van der Waals surface area (Å²) in [6.07, 6.45) is 3.98. The van der Waals surface area contributed by atoms with Gasteiger partial charge in [-0.15, -0.1) is 0 Å². The van der Waals surface area contributed by atoms with Crippen molar-refractivity contribution in [2.45, 2.75) is 6.42 Å². The second-order valence-electron chi connectivity index (χ2n) is 6.32. The lowest BCUT2D eigenvalue weighted by molar-refractivity contribution is 0.0697. The number of methoxy groups -OCH3 is 2. The molecule has 0 fully saturated rings. The molecule has 0 radical (unpaired) electrons. The van der Waals surface area contributed by atoms with E-state index in [2.05, 4.69) is 15.1 Å². The summed E-state index contributed by atoms with van der Waals surface area (Å²) in [5, 5.41) is 13.7. The van der Waals surface area contributed by atoms with Gasteiger partial charge in [0, 0.05) is 35.6 Å². The van der Waals surface area contributed by atoms with Crippen LogP contribution in [0, 0.1) is 0 Å². The fourth-order valence-corrected chi connectivity index (χ4v) is 3.10. The number of hydrogen-bond donors (Lipinski definition) is 1. The van der Waals surface area contributed by atoms with Crippen LogP contribution < -0.4 is 9.47 Å². The van der Waals surface area contributed by atoms with Crippen LogP contribution in [0.4, 0.5) is 0 Å². The zero-order chi connectivity index (χ0) is 20.4. The van der Waals surface area contributed by atoms with Crippen molar-refractivity contribution in [2.75, 3.05) is 14.2 Å². The van der Waals surface area contributed by atoms with E-state index in [-0.39, 0.29) is 5.56 Å². The van der Waals surface area contributed by atoms with Gasteiger partial charge < -0.3 is 14.6 Å². The molecule has 0 atom stereocenters. The molecule has 8 nitrogen and oxygen atoms in total. The smallest absolute Gasteiger partial charge is 0.335 e. The van der Waals surface area contributed by atoms with Gasteiger partial charge in [0.25, 0.3) is 5.88 Å². The van der Waals surface area contributed by atoms with Gasteiger partial charge in [0.2, 0.25) is 0 Å². The van der Waals surface area contributed by atoms with Gasteiger partial charge in [-0.3, -0.25) is 0 Å². The van der Waals surface area contributed by atoms with Crippen molar-refractivity contribution in [3.05, 3.63) is 71.7 Å². The van der Waals surface area contributed by atoms with Crippen molar-refractivity contribution in [1.82, 2.24) is 19.6 Å². The van der Waals surface area contributed by atoms with Gasteiger partial charge in [-0.05, 0) is 30.3 Å². The number of aromatic nitrogens is 4. The monoisotopic (exact) mass is 390 g/mol. The van der Waals surface area contributed by atoms with Crippen LogP contribution >= 0.6 is 0 Å². The van der Waals surface area contributed by atoms with Crippen LogP contribution in [0.3, 0.4) is 0 Å². The van der Waals surface area contributed by atoms with Crippen LogP contribution in [0.2, 0.25) is 0 Å². The lowest BCUT2D eigenvalue weighted by atomic mass is 10.1. The van der Waals surface area contributed by atoms with E-state index < -0.39 is 5.97 Å². The van der Waals surface area contributed by atoms with Crippen LogP contribution in [0.5, 0.6) is 11.6 Å². The van der Waals surface area contributed by atoms with Crippen molar-refractivity contribution in [2.24, 2.45) is 0 Å². The minimum Gasteiger partial charge on any atom is -0.491 e. The number of aromatic carboxylic acids is 1. The van der Waals surface area contributed by atoms with Crippen molar-refractivity contribution >= 4 is 11.6 Å². The fraction of sp³-hybridized carbons (Fsp3) is 0.143. The van der Waals surface area contributed by atoms with Crippen LogP contribution in [0.25, 0.3) is 16.9 Å². The molecule has 1 aromatic carbocycles. The standard InChI is InChI=1S/C21H18N4O4/c1-28-18-8-7-16(23-20(18)29-2)11-15-12-17(24-25-10-9-22-19(15)25)13-3-5-14(6-4-13)21(26)27/h3-10,12H,11H2,1-2H3,(H,26,27). The Labute approximate surface area is 166 Å². The molecule has 3 aromatic heterocycles. The molecule has 8 heteroatoms. The Morgan fingerprint density at radius 2 is 1.90 bits per heavy atom. The van der Waals surface area contributed by atoms with E-state index in [1.807, 2.05) is 18.2 Å². The maximum absolute atomic E-state index is 11.1. The first-order valence-corrected chi connectivity index (χ1v) is 8.84. The quantitative estimate of drug-likeness (QED) is 0.540. The number of ether oxygens (including phenoxy) is 2. The van der Waals surface area contributed by atoms with E-state index in [1.54, 1.807) is 55.4 Å². The van der Waals surface area contributed by atoms with E-state index in [0.29, 0.717) is 23.7 Å². The number of carboxylic acid groups (broad SMARTS) is 1. The Balaban J connectivity index is 1.74. The molecule has 0 spiro atoms. The topological polar surface area (TPSA) is 98.8 Å². The number of benzene rings is 1. The van der Waals surface area contributed by atoms with Gasteiger partial charge in [-0.1, -0.05) is 12.1 Å². The SMILES string of the molecule is COc1ccc(Cc2cc(-c3ccc(C(=O)O)cc3)nn3ccnc23)nc1OC. The first kappa shape index (κ1) is 18.4. The molecular formula is C21H18N4O4. The molecule has 4 rings (SSSR count). The number of fused-ring (bicyclic) bond motifs is 1. The van der Waals surface area contributed by atoms with Crippen LogP contribution in [-0.4, -0.2) is 44.9 Å². The summed E-state index contributed by atoms with van der Waals surface area (Å²) in [7, 11) is 3.12. The van der Waals surface area contributed by atoms with E-state index in [0.717, 1.165) is 22.5 Å².